The summed E-state index contributed by atoms with van der Waals surface area (Å²) in [6, 6.07) is 10.8. The number of carbonyl (C=O) groups excluding carboxylic acids is 2. The Kier molecular flexibility index (Phi) is 8.25. The first-order valence-electron chi connectivity index (χ1n) is 8.78. The highest BCUT2D eigenvalue weighted by Crippen LogP contribution is 2.28. The minimum atomic E-state index is -1.13. The molecule has 0 saturated heterocycles. The molecule has 0 aliphatic heterocycles. The van der Waals surface area contributed by atoms with Crippen molar-refractivity contribution in [2.45, 2.75) is 29.9 Å². The molecule has 0 radical (unpaired) electrons. The lowest BCUT2D eigenvalue weighted by molar-refractivity contribution is -0.138. The molecule has 2 amide bonds. The third kappa shape index (κ3) is 7.09. The summed E-state index contributed by atoms with van der Waals surface area (Å²) in [6.45, 7) is 1.69. The number of carbonyl (C=O) groups is 4. The summed E-state index contributed by atoms with van der Waals surface area (Å²) in [4.78, 5) is 46.4. The van der Waals surface area contributed by atoms with Gasteiger partial charge in [-0.3, -0.25) is 14.4 Å². The van der Waals surface area contributed by atoms with Crippen molar-refractivity contribution in [1.82, 2.24) is 0 Å². The van der Waals surface area contributed by atoms with Crippen LogP contribution in [0.5, 0.6) is 0 Å². The van der Waals surface area contributed by atoms with E-state index in [1.165, 1.54) is 30.0 Å². The summed E-state index contributed by atoms with van der Waals surface area (Å²) < 4.78 is 0. The number of benzene rings is 2. The number of carboxylic acids is 2. The average Bonchev–Trinajstić information content (AvgIpc) is 2.69. The molecule has 1 unspecified atom stereocenters. The summed E-state index contributed by atoms with van der Waals surface area (Å²) in [6.07, 6.45) is -0.361. The van der Waals surface area contributed by atoms with Gasteiger partial charge in [0.1, 0.15) is 0 Å². The van der Waals surface area contributed by atoms with Gasteiger partial charge in [-0.1, -0.05) is 11.6 Å². The Balaban J connectivity index is 1.94. The molecule has 0 fully saturated rings. The van der Waals surface area contributed by atoms with E-state index in [1.807, 2.05) is 0 Å². The molecule has 30 heavy (non-hydrogen) atoms. The van der Waals surface area contributed by atoms with Crippen LogP contribution in [0.25, 0.3) is 0 Å². The number of carboxylic acid groups (broad SMARTS) is 2. The predicted molar refractivity (Wildman–Crippen MR) is 114 cm³/mol. The summed E-state index contributed by atoms with van der Waals surface area (Å²) in [5, 5.41) is 22.6. The minimum absolute atomic E-state index is 0.0102. The fraction of sp³-hybridized carbons (Fsp3) is 0.200. The van der Waals surface area contributed by atoms with E-state index in [9.17, 15) is 19.2 Å². The SMILES string of the molecule is CC(Sc1ccc(NC(=O)CCC(=O)O)cc1)C(=O)Nc1cc(C(=O)O)ccc1Cl. The number of hydrogen-bond donors (Lipinski definition) is 4. The molecule has 0 bridgehead atoms. The molecule has 2 rings (SSSR count). The van der Waals surface area contributed by atoms with Crippen LogP contribution in [-0.4, -0.2) is 39.2 Å². The summed E-state index contributed by atoms with van der Waals surface area (Å²) in [5.74, 6) is -2.92. The molecule has 8 nitrogen and oxygen atoms in total. The van der Waals surface area contributed by atoms with Gasteiger partial charge in [0, 0.05) is 17.0 Å². The largest absolute Gasteiger partial charge is 0.481 e. The number of aliphatic carboxylic acids is 1. The van der Waals surface area contributed by atoms with E-state index in [1.54, 1.807) is 31.2 Å². The quantitative estimate of drug-likeness (QED) is 0.425. The van der Waals surface area contributed by atoms with Gasteiger partial charge in [-0.25, -0.2) is 4.79 Å². The maximum Gasteiger partial charge on any atom is 0.335 e. The lowest BCUT2D eigenvalue weighted by atomic mass is 10.2. The number of rotatable bonds is 9. The van der Waals surface area contributed by atoms with E-state index < -0.39 is 23.1 Å². The Hall–Kier alpha value is -3.04. The highest BCUT2D eigenvalue weighted by molar-refractivity contribution is 8.00. The van der Waals surface area contributed by atoms with Crippen LogP contribution in [0.1, 0.15) is 30.1 Å². The van der Waals surface area contributed by atoms with Crippen molar-refractivity contribution in [2.24, 2.45) is 0 Å². The first-order chi connectivity index (χ1) is 14.2. The van der Waals surface area contributed by atoms with Crippen LogP contribution in [0, 0.1) is 0 Å². The van der Waals surface area contributed by atoms with Crippen LogP contribution in [0.4, 0.5) is 11.4 Å². The molecule has 158 valence electrons. The average molecular weight is 451 g/mol. The van der Waals surface area contributed by atoms with Crippen molar-refractivity contribution in [3.05, 3.63) is 53.1 Å². The second kappa shape index (κ2) is 10.7. The third-order valence-electron chi connectivity index (χ3n) is 3.86. The zero-order valence-corrected chi connectivity index (χ0v) is 17.4. The molecule has 0 saturated carbocycles. The van der Waals surface area contributed by atoms with Crippen molar-refractivity contribution < 1.29 is 29.4 Å². The Labute approximate surface area is 181 Å². The molecule has 1 atom stereocenters. The van der Waals surface area contributed by atoms with Crippen molar-refractivity contribution in [3.8, 4) is 0 Å². The van der Waals surface area contributed by atoms with Gasteiger partial charge in [0.25, 0.3) is 0 Å². The maximum absolute atomic E-state index is 12.4. The zero-order valence-electron chi connectivity index (χ0n) is 15.8. The van der Waals surface area contributed by atoms with Crippen molar-refractivity contribution >= 4 is 58.5 Å². The van der Waals surface area contributed by atoms with Gasteiger partial charge in [0.2, 0.25) is 11.8 Å². The van der Waals surface area contributed by atoms with Crippen LogP contribution < -0.4 is 10.6 Å². The number of anilines is 2. The summed E-state index contributed by atoms with van der Waals surface area (Å²) >= 11 is 7.29. The summed E-state index contributed by atoms with van der Waals surface area (Å²) in [5.41, 5.74) is 0.744. The van der Waals surface area contributed by atoms with Crippen LogP contribution in [0.15, 0.2) is 47.4 Å². The first-order valence-corrected chi connectivity index (χ1v) is 10.0. The van der Waals surface area contributed by atoms with Gasteiger partial charge in [-0.2, -0.15) is 0 Å². The van der Waals surface area contributed by atoms with Crippen molar-refractivity contribution in [3.63, 3.8) is 0 Å². The van der Waals surface area contributed by atoms with Gasteiger partial charge < -0.3 is 20.8 Å². The van der Waals surface area contributed by atoms with Crippen LogP contribution >= 0.6 is 23.4 Å². The van der Waals surface area contributed by atoms with Crippen LogP contribution in [0.3, 0.4) is 0 Å². The van der Waals surface area contributed by atoms with E-state index in [2.05, 4.69) is 10.6 Å². The Morgan fingerprint density at radius 1 is 1.00 bits per heavy atom. The number of nitrogens with one attached hydrogen (secondary N) is 2. The molecule has 4 N–H and O–H groups in total. The molecule has 10 heteroatoms. The van der Waals surface area contributed by atoms with Gasteiger partial charge in [-0.15, -0.1) is 11.8 Å². The second-order valence-electron chi connectivity index (χ2n) is 6.22. The van der Waals surface area contributed by atoms with Crippen LogP contribution in [-0.2, 0) is 14.4 Å². The van der Waals surface area contributed by atoms with E-state index in [4.69, 9.17) is 21.8 Å². The minimum Gasteiger partial charge on any atom is -0.481 e. The van der Waals surface area contributed by atoms with Gasteiger partial charge >= 0.3 is 11.9 Å². The predicted octanol–water partition coefficient (Wildman–Crippen LogP) is 3.96. The van der Waals surface area contributed by atoms with E-state index >= 15 is 0 Å². The molecular formula is C20H19ClN2O6S. The van der Waals surface area contributed by atoms with Crippen LogP contribution in [0.2, 0.25) is 5.02 Å². The van der Waals surface area contributed by atoms with Crippen molar-refractivity contribution in [1.29, 1.82) is 0 Å². The fourth-order valence-corrected chi connectivity index (χ4v) is 3.34. The van der Waals surface area contributed by atoms with Gasteiger partial charge in [0.15, 0.2) is 0 Å². The normalized spacial score (nSPS) is 11.4. The Bertz CT molecular complexity index is 964. The smallest absolute Gasteiger partial charge is 0.335 e. The Morgan fingerprint density at radius 3 is 2.27 bits per heavy atom. The number of halogens is 1. The standard InChI is InChI=1S/C20H19ClN2O6S/c1-11(19(27)23-16-10-12(20(28)29)2-7-15(16)21)30-14-5-3-13(4-6-14)22-17(24)8-9-18(25)26/h2-7,10-11H,8-9H2,1H3,(H,22,24)(H,23,27)(H,25,26)(H,28,29). The highest BCUT2D eigenvalue weighted by Gasteiger charge is 2.17. The number of hydrogen-bond acceptors (Lipinski definition) is 5. The number of aromatic carboxylic acids is 1. The first kappa shape index (κ1) is 23.2. The molecule has 2 aromatic rings. The van der Waals surface area contributed by atoms with E-state index in [0.717, 1.165) is 4.90 Å². The summed E-state index contributed by atoms with van der Waals surface area (Å²) in [7, 11) is 0. The highest BCUT2D eigenvalue weighted by atomic mass is 35.5. The van der Waals surface area contributed by atoms with Crippen molar-refractivity contribution in [2.75, 3.05) is 10.6 Å². The molecule has 0 aliphatic carbocycles. The molecule has 0 heterocycles. The molecule has 0 aliphatic rings. The van der Waals surface area contributed by atoms with Gasteiger partial charge in [-0.05, 0) is 49.4 Å². The monoisotopic (exact) mass is 450 g/mol. The van der Waals surface area contributed by atoms with E-state index in [0.29, 0.717) is 5.69 Å². The number of thioether (sulfide) groups is 1. The second-order valence-corrected chi connectivity index (χ2v) is 8.04. The molecule has 2 aromatic carbocycles. The third-order valence-corrected chi connectivity index (χ3v) is 5.30. The lowest BCUT2D eigenvalue weighted by Crippen LogP contribution is -2.22. The number of amides is 2. The lowest BCUT2D eigenvalue weighted by Gasteiger charge is -2.14. The Morgan fingerprint density at radius 2 is 1.67 bits per heavy atom. The topological polar surface area (TPSA) is 133 Å². The zero-order chi connectivity index (χ0) is 22.3. The molecular weight excluding hydrogens is 432 g/mol. The van der Waals surface area contributed by atoms with E-state index in [-0.39, 0.29) is 35.0 Å². The molecule has 0 spiro atoms. The van der Waals surface area contributed by atoms with Gasteiger partial charge in [0.05, 0.1) is 27.9 Å². The fourth-order valence-electron chi connectivity index (χ4n) is 2.31. The maximum atomic E-state index is 12.4. The molecule has 0 aromatic heterocycles.